The number of halogens is 1. The number of ether oxygens (including phenoxy) is 1. The summed E-state index contributed by atoms with van der Waals surface area (Å²) in [7, 11) is 1.39. The number of hydrogen-bond acceptors (Lipinski definition) is 3. The molecule has 0 radical (unpaired) electrons. The molecule has 0 aliphatic carbocycles. The Morgan fingerprint density at radius 1 is 1.14 bits per heavy atom. The number of methoxy groups -OCH3 is 1. The van der Waals surface area contributed by atoms with Crippen molar-refractivity contribution in [2.75, 3.05) is 19.0 Å². The van der Waals surface area contributed by atoms with E-state index in [-0.39, 0.29) is 5.97 Å². The van der Waals surface area contributed by atoms with Crippen molar-refractivity contribution in [3.8, 4) is 0 Å². The van der Waals surface area contributed by atoms with Crippen molar-refractivity contribution in [1.29, 1.82) is 0 Å². The maximum atomic E-state index is 11.9. The number of carbonyl (C=O) groups is 1. The van der Waals surface area contributed by atoms with Gasteiger partial charge in [-0.1, -0.05) is 41.9 Å². The van der Waals surface area contributed by atoms with E-state index in [0.29, 0.717) is 23.6 Å². The lowest BCUT2D eigenvalue weighted by molar-refractivity contribution is -0.136. The van der Waals surface area contributed by atoms with Gasteiger partial charge in [0.1, 0.15) is 0 Å². The Hall–Kier alpha value is -2.26. The molecule has 2 aromatic rings. The zero-order valence-electron chi connectivity index (χ0n) is 12.4. The van der Waals surface area contributed by atoms with E-state index in [9.17, 15) is 4.79 Å². The summed E-state index contributed by atoms with van der Waals surface area (Å²) >= 11 is 5.87. The molecule has 0 atom stereocenters. The van der Waals surface area contributed by atoms with Crippen molar-refractivity contribution < 1.29 is 9.53 Å². The van der Waals surface area contributed by atoms with E-state index < -0.39 is 0 Å². The lowest BCUT2D eigenvalue weighted by Crippen LogP contribution is -2.10. The second-order valence-corrected chi connectivity index (χ2v) is 5.19. The minimum absolute atomic E-state index is 0.315. The van der Waals surface area contributed by atoms with Crippen molar-refractivity contribution in [2.45, 2.75) is 6.42 Å². The molecular weight excluding hydrogens is 298 g/mol. The van der Waals surface area contributed by atoms with Crippen molar-refractivity contribution >= 4 is 29.3 Å². The first-order valence-electron chi connectivity index (χ1n) is 7.02. The van der Waals surface area contributed by atoms with Gasteiger partial charge in [0.05, 0.1) is 7.11 Å². The highest BCUT2D eigenvalue weighted by Crippen LogP contribution is 2.15. The molecule has 0 unspecified atom stereocenters. The number of para-hydroxylation sites is 1. The molecule has 3 nitrogen and oxygen atoms in total. The van der Waals surface area contributed by atoms with Crippen LogP contribution in [-0.2, 0) is 9.53 Å². The third-order valence-corrected chi connectivity index (χ3v) is 3.41. The Labute approximate surface area is 135 Å². The van der Waals surface area contributed by atoms with Crippen LogP contribution in [0.15, 0.2) is 60.2 Å². The number of hydrogen-bond donors (Lipinski definition) is 1. The molecule has 1 N–H and O–H groups in total. The molecule has 0 aromatic heterocycles. The van der Waals surface area contributed by atoms with Crippen LogP contribution in [0.25, 0.3) is 6.08 Å². The Balaban J connectivity index is 2.03. The quantitative estimate of drug-likeness (QED) is 0.634. The highest BCUT2D eigenvalue weighted by molar-refractivity contribution is 6.30. The fraction of sp³-hybridized carbons (Fsp3) is 0.167. The van der Waals surface area contributed by atoms with Gasteiger partial charge in [0.25, 0.3) is 0 Å². The summed E-state index contributed by atoms with van der Waals surface area (Å²) in [6.45, 7) is 0.651. The summed E-state index contributed by atoms with van der Waals surface area (Å²) in [5.74, 6) is -0.315. The van der Waals surface area contributed by atoms with Crippen molar-refractivity contribution in [1.82, 2.24) is 0 Å². The third-order valence-electron chi connectivity index (χ3n) is 3.16. The third kappa shape index (κ3) is 4.93. The minimum Gasteiger partial charge on any atom is -0.466 e. The lowest BCUT2D eigenvalue weighted by atomic mass is 10.1. The van der Waals surface area contributed by atoms with Crippen LogP contribution in [0.1, 0.15) is 12.0 Å². The average molecular weight is 316 g/mol. The molecule has 4 heteroatoms. The Morgan fingerprint density at radius 3 is 2.45 bits per heavy atom. The summed E-state index contributed by atoms with van der Waals surface area (Å²) in [6, 6.07) is 17.2. The first kappa shape index (κ1) is 16.1. The van der Waals surface area contributed by atoms with Gasteiger partial charge in [-0.3, -0.25) is 0 Å². The largest absolute Gasteiger partial charge is 0.466 e. The van der Waals surface area contributed by atoms with Crippen LogP contribution >= 0.6 is 11.6 Å². The van der Waals surface area contributed by atoms with E-state index in [1.807, 2.05) is 48.5 Å². The predicted molar refractivity (Wildman–Crippen MR) is 91.0 cm³/mol. The molecule has 2 rings (SSSR count). The summed E-state index contributed by atoms with van der Waals surface area (Å²) < 4.78 is 4.85. The predicted octanol–water partition coefficient (Wildman–Crippen LogP) is 4.40. The van der Waals surface area contributed by atoms with Crippen molar-refractivity contribution in [3.05, 3.63) is 70.8 Å². The summed E-state index contributed by atoms with van der Waals surface area (Å²) in [5.41, 5.74) is 2.57. The number of rotatable bonds is 6. The zero-order chi connectivity index (χ0) is 15.8. The highest BCUT2D eigenvalue weighted by Gasteiger charge is 2.09. The molecular formula is C18H18ClNO2. The molecule has 0 saturated heterocycles. The van der Waals surface area contributed by atoms with E-state index >= 15 is 0 Å². The van der Waals surface area contributed by atoms with Crippen LogP contribution in [0.4, 0.5) is 5.69 Å². The molecule has 0 amide bonds. The molecule has 22 heavy (non-hydrogen) atoms. The second kappa shape index (κ2) is 8.25. The lowest BCUT2D eigenvalue weighted by Gasteiger charge is -2.08. The number of anilines is 1. The molecule has 0 saturated carbocycles. The van der Waals surface area contributed by atoms with Gasteiger partial charge in [-0.15, -0.1) is 0 Å². The van der Waals surface area contributed by atoms with Crippen LogP contribution in [0.5, 0.6) is 0 Å². The standard InChI is InChI=1S/C18H18ClNO2/c1-22-18(21)15(13-14-7-9-16(19)10-8-14)11-12-20-17-5-3-2-4-6-17/h2-10,13,20H,11-12H2,1H3/b15-13+. The molecule has 114 valence electrons. The fourth-order valence-corrected chi connectivity index (χ4v) is 2.15. The fourth-order valence-electron chi connectivity index (χ4n) is 2.02. The molecule has 0 bridgehead atoms. The Bertz CT molecular complexity index is 636. The first-order chi connectivity index (χ1) is 10.7. The van der Waals surface area contributed by atoms with Crippen LogP contribution in [-0.4, -0.2) is 19.6 Å². The summed E-state index contributed by atoms with van der Waals surface area (Å²) in [4.78, 5) is 11.9. The van der Waals surface area contributed by atoms with Gasteiger partial charge in [0, 0.05) is 22.8 Å². The van der Waals surface area contributed by atoms with Crippen LogP contribution in [0.3, 0.4) is 0 Å². The van der Waals surface area contributed by atoms with Gasteiger partial charge < -0.3 is 10.1 Å². The van der Waals surface area contributed by atoms with E-state index in [4.69, 9.17) is 16.3 Å². The number of nitrogens with one attached hydrogen (secondary N) is 1. The highest BCUT2D eigenvalue weighted by atomic mass is 35.5. The zero-order valence-corrected chi connectivity index (χ0v) is 13.1. The molecule has 0 aliphatic rings. The Kier molecular flexibility index (Phi) is 6.04. The van der Waals surface area contributed by atoms with E-state index in [0.717, 1.165) is 11.3 Å². The summed E-state index contributed by atoms with van der Waals surface area (Å²) in [6.07, 6.45) is 2.40. The van der Waals surface area contributed by atoms with Gasteiger partial charge in [-0.05, 0) is 42.3 Å². The van der Waals surface area contributed by atoms with Crippen molar-refractivity contribution in [2.24, 2.45) is 0 Å². The Morgan fingerprint density at radius 2 is 1.82 bits per heavy atom. The summed E-state index contributed by atoms with van der Waals surface area (Å²) in [5, 5.41) is 3.95. The monoisotopic (exact) mass is 315 g/mol. The van der Waals surface area contributed by atoms with Crippen LogP contribution < -0.4 is 5.32 Å². The molecule has 0 aliphatic heterocycles. The smallest absolute Gasteiger partial charge is 0.333 e. The van der Waals surface area contributed by atoms with Gasteiger partial charge in [0.2, 0.25) is 0 Å². The van der Waals surface area contributed by atoms with Crippen LogP contribution in [0.2, 0.25) is 5.02 Å². The molecule has 0 spiro atoms. The van der Waals surface area contributed by atoms with Crippen LogP contribution in [0, 0.1) is 0 Å². The van der Waals surface area contributed by atoms with E-state index in [1.165, 1.54) is 7.11 Å². The van der Waals surface area contributed by atoms with Gasteiger partial charge >= 0.3 is 5.97 Å². The minimum atomic E-state index is -0.315. The molecule has 2 aromatic carbocycles. The molecule has 0 fully saturated rings. The maximum absolute atomic E-state index is 11.9. The maximum Gasteiger partial charge on any atom is 0.333 e. The second-order valence-electron chi connectivity index (χ2n) is 4.76. The van der Waals surface area contributed by atoms with E-state index in [2.05, 4.69) is 5.32 Å². The first-order valence-corrected chi connectivity index (χ1v) is 7.40. The molecule has 0 heterocycles. The topological polar surface area (TPSA) is 38.3 Å². The normalized spacial score (nSPS) is 11.1. The number of esters is 1. The van der Waals surface area contributed by atoms with Gasteiger partial charge in [-0.2, -0.15) is 0 Å². The van der Waals surface area contributed by atoms with Gasteiger partial charge in [0.15, 0.2) is 0 Å². The van der Waals surface area contributed by atoms with Gasteiger partial charge in [-0.25, -0.2) is 4.79 Å². The number of benzene rings is 2. The van der Waals surface area contributed by atoms with E-state index in [1.54, 1.807) is 12.1 Å². The SMILES string of the molecule is COC(=O)/C(=C/c1ccc(Cl)cc1)CCNc1ccccc1. The average Bonchev–Trinajstić information content (AvgIpc) is 2.56. The number of carbonyl (C=O) groups excluding carboxylic acids is 1. The van der Waals surface area contributed by atoms with Crippen molar-refractivity contribution in [3.63, 3.8) is 0 Å².